The van der Waals surface area contributed by atoms with Gasteiger partial charge in [0.15, 0.2) is 0 Å². The number of fused-ring (bicyclic) bond motifs is 2. The predicted octanol–water partition coefficient (Wildman–Crippen LogP) is 1.82. The van der Waals surface area contributed by atoms with Crippen LogP contribution < -0.4 is 10.1 Å². The van der Waals surface area contributed by atoms with Gasteiger partial charge in [0.05, 0.1) is 25.3 Å². The van der Waals surface area contributed by atoms with Gasteiger partial charge in [-0.25, -0.2) is 0 Å². The van der Waals surface area contributed by atoms with Crippen LogP contribution in [0, 0.1) is 0 Å². The van der Waals surface area contributed by atoms with E-state index in [1.807, 2.05) is 48.5 Å². The highest BCUT2D eigenvalue weighted by atomic mass is 16.5. The van der Waals surface area contributed by atoms with Gasteiger partial charge in [0.25, 0.3) is 0 Å². The SMILES string of the molecule is OCC(CO)NC1c2ccccc2Oc2ccccc21. The van der Waals surface area contributed by atoms with Crippen molar-refractivity contribution in [2.24, 2.45) is 0 Å². The third kappa shape index (κ3) is 2.29. The fourth-order valence-corrected chi connectivity index (χ4v) is 2.49. The highest BCUT2D eigenvalue weighted by Crippen LogP contribution is 2.42. The van der Waals surface area contributed by atoms with Crippen LogP contribution in [-0.2, 0) is 0 Å². The molecule has 2 aromatic rings. The van der Waals surface area contributed by atoms with Gasteiger partial charge in [0, 0.05) is 11.1 Å². The Bertz CT molecular complexity index is 550. The van der Waals surface area contributed by atoms with Crippen LogP contribution in [0.5, 0.6) is 11.5 Å². The summed E-state index contributed by atoms with van der Waals surface area (Å²) in [6.45, 7) is -0.226. The van der Waals surface area contributed by atoms with E-state index < -0.39 is 0 Å². The highest BCUT2D eigenvalue weighted by molar-refractivity contribution is 5.52. The minimum atomic E-state index is -0.362. The molecule has 0 aromatic heterocycles. The Balaban J connectivity index is 2.03. The summed E-state index contributed by atoms with van der Waals surface area (Å²) in [6.07, 6.45) is 0. The number of benzene rings is 2. The maximum absolute atomic E-state index is 9.30. The quantitative estimate of drug-likeness (QED) is 0.794. The Morgan fingerprint density at radius 3 is 1.90 bits per heavy atom. The van der Waals surface area contributed by atoms with E-state index in [0.717, 1.165) is 22.6 Å². The van der Waals surface area contributed by atoms with Crippen molar-refractivity contribution >= 4 is 0 Å². The molecule has 4 heteroatoms. The molecule has 104 valence electrons. The summed E-state index contributed by atoms with van der Waals surface area (Å²) < 4.78 is 5.89. The molecule has 0 fully saturated rings. The van der Waals surface area contributed by atoms with Gasteiger partial charge in [0.2, 0.25) is 0 Å². The minimum Gasteiger partial charge on any atom is -0.457 e. The zero-order valence-corrected chi connectivity index (χ0v) is 11.0. The molecule has 4 nitrogen and oxygen atoms in total. The van der Waals surface area contributed by atoms with Crippen LogP contribution in [0.4, 0.5) is 0 Å². The summed E-state index contributed by atoms with van der Waals surface area (Å²) in [6, 6.07) is 15.1. The van der Waals surface area contributed by atoms with E-state index in [2.05, 4.69) is 5.32 Å². The number of aliphatic hydroxyl groups excluding tert-OH is 2. The normalized spacial score (nSPS) is 13.8. The van der Waals surface area contributed by atoms with Gasteiger partial charge in [-0.1, -0.05) is 36.4 Å². The lowest BCUT2D eigenvalue weighted by Crippen LogP contribution is -2.39. The largest absolute Gasteiger partial charge is 0.457 e. The third-order valence-corrected chi connectivity index (χ3v) is 3.52. The highest BCUT2D eigenvalue weighted by Gasteiger charge is 2.28. The van der Waals surface area contributed by atoms with Gasteiger partial charge in [-0.3, -0.25) is 5.32 Å². The third-order valence-electron chi connectivity index (χ3n) is 3.52. The molecule has 3 N–H and O–H groups in total. The summed E-state index contributed by atoms with van der Waals surface area (Å²) in [5.74, 6) is 1.61. The number of nitrogens with one attached hydrogen (secondary N) is 1. The summed E-state index contributed by atoms with van der Waals surface area (Å²) >= 11 is 0. The fourth-order valence-electron chi connectivity index (χ4n) is 2.49. The van der Waals surface area contributed by atoms with E-state index in [1.54, 1.807) is 0 Å². The number of rotatable bonds is 4. The molecule has 0 saturated heterocycles. The first-order chi connectivity index (χ1) is 9.83. The molecule has 0 bridgehead atoms. The fraction of sp³-hybridized carbons (Fsp3) is 0.250. The monoisotopic (exact) mass is 271 g/mol. The molecular weight excluding hydrogens is 254 g/mol. The van der Waals surface area contributed by atoms with Gasteiger partial charge in [0.1, 0.15) is 11.5 Å². The van der Waals surface area contributed by atoms with E-state index in [0.29, 0.717) is 0 Å². The average Bonchev–Trinajstić information content (AvgIpc) is 2.51. The lowest BCUT2D eigenvalue weighted by molar-refractivity contribution is 0.164. The second-order valence-corrected chi connectivity index (χ2v) is 4.84. The minimum absolute atomic E-state index is 0.0968. The first kappa shape index (κ1) is 13.1. The molecule has 0 saturated carbocycles. The van der Waals surface area contributed by atoms with Crippen LogP contribution in [-0.4, -0.2) is 29.5 Å². The lowest BCUT2D eigenvalue weighted by Gasteiger charge is -2.31. The Hall–Kier alpha value is -1.88. The van der Waals surface area contributed by atoms with E-state index in [-0.39, 0.29) is 25.3 Å². The molecule has 2 aromatic carbocycles. The maximum atomic E-state index is 9.30. The topological polar surface area (TPSA) is 61.7 Å². The molecule has 1 aliphatic rings. The van der Waals surface area contributed by atoms with E-state index >= 15 is 0 Å². The first-order valence-electron chi connectivity index (χ1n) is 6.67. The van der Waals surface area contributed by atoms with Crippen LogP contribution in [0.1, 0.15) is 17.2 Å². The van der Waals surface area contributed by atoms with Crippen LogP contribution in [0.2, 0.25) is 0 Å². The Kier molecular flexibility index (Phi) is 3.69. The summed E-state index contributed by atoms with van der Waals surface area (Å²) in [5, 5.41) is 21.9. The van der Waals surface area contributed by atoms with Crippen LogP contribution in [0.15, 0.2) is 48.5 Å². The molecule has 3 rings (SSSR count). The van der Waals surface area contributed by atoms with Crippen LogP contribution in [0.25, 0.3) is 0 Å². The van der Waals surface area contributed by atoms with Crippen LogP contribution >= 0.6 is 0 Å². The van der Waals surface area contributed by atoms with Crippen molar-refractivity contribution in [2.45, 2.75) is 12.1 Å². The van der Waals surface area contributed by atoms with Gasteiger partial charge < -0.3 is 14.9 Å². The number of ether oxygens (including phenoxy) is 1. The zero-order valence-electron chi connectivity index (χ0n) is 11.0. The van der Waals surface area contributed by atoms with Crippen LogP contribution in [0.3, 0.4) is 0 Å². The number of para-hydroxylation sites is 2. The van der Waals surface area contributed by atoms with Crippen molar-refractivity contribution in [3.8, 4) is 11.5 Å². The molecule has 20 heavy (non-hydrogen) atoms. The first-order valence-corrected chi connectivity index (χ1v) is 6.67. The molecule has 0 atom stereocenters. The van der Waals surface area contributed by atoms with Gasteiger partial charge in [-0.15, -0.1) is 0 Å². The Morgan fingerprint density at radius 2 is 1.40 bits per heavy atom. The smallest absolute Gasteiger partial charge is 0.132 e. The Labute approximate surface area is 117 Å². The average molecular weight is 271 g/mol. The predicted molar refractivity (Wildman–Crippen MR) is 75.9 cm³/mol. The van der Waals surface area contributed by atoms with Crippen molar-refractivity contribution in [3.05, 3.63) is 59.7 Å². The molecule has 0 unspecified atom stereocenters. The standard InChI is InChI=1S/C16H17NO3/c18-9-11(10-19)17-16-12-5-1-3-7-14(12)20-15-8-4-2-6-13(15)16/h1-8,11,16-19H,9-10H2. The summed E-state index contributed by atoms with van der Waals surface area (Å²) in [5.41, 5.74) is 2.02. The summed E-state index contributed by atoms with van der Waals surface area (Å²) in [4.78, 5) is 0. The van der Waals surface area contributed by atoms with Crippen molar-refractivity contribution in [2.75, 3.05) is 13.2 Å². The number of aliphatic hydroxyl groups is 2. The van der Waals surface area contributed by atoms with Crippen molar-refractivity contribution in [3.63, 3.8) is 0 Å². The second-order valence-electron chi connectivity index (χ2n) is 4.84. The molecule has 0 radical (unpaired) electrons. The molecule has 0 aliphatic carbocycles. The molecule has 1 aliphatic heterocycles. The maximum Gasteiger partial charge on any atom is 0.132 e. The molecule has 1 heterocycles. The van der Waals surface area contributed by atoms with Crippen molar-refractivity contribution < 1.29 is 14.9 Å². The van der Waals surface area contributed by atoms with E-state index in [4.69, 9.17) is 4.74 Å². The van der Waals surface area contributed by atoms with Gasteiger partial charge in [-0.05, 0) is 12.1 Å². The molecular formula is C16H17NO3. The number of hydrogen-bond acceptors (Lipinski definition) is 4. The molecule has 0 spiro atoms. The van der Waals surface area contributed by atoms with Gasteiger partial charge in [-0.2, -0.15) is 0 Å². The zero-order chi connectivity index (χ0) is 13.9. The summed E-state index contributed by atoms with van der Waals surface area (Å²) in [7, 11) is 0. The van der Waals surface area contributed by atoms with Gasteiger partial charge >= 0.3 is 0 Å². The second kappa shape index (κ2) is 5.63. The number of hydrogen-bond donors (Lipinski definition) is 3. The Morgan fingerprint density at radius 1 is 0.900 bits per heavy atom. The van der Waals surface area contributed by atoms with Crippen molar-refractivity contribution in [1.82, 2.24) is 5.32 Å². The molecule has 0 amide bonds. The lowest BCUT2D eigenvalue weighted by atomic mass is 9.94. The van der Waals surface area contributed by atoms with E-state index in [9.17, 15) is 10.2 Å². The van der Waals surface area contributed by atoms with Crippen molar-refractivity contribution in [1.29, 1.82) is 0 Å². The van der Waals surface area contributed by atoms with E-state index in [1.165, 1.54) is 0 Å².